The molecule has 140 valence electrons. The third-order valence-electron chi connectivity index (χ3n) is 4.03. The second-order valence-electron chi connectivity index (χ2n) is 6.72. The summed E-state index contributed by atoms with van der Waals surface area (Å²) in [5.74, 6) is 1.77. The van der Waals surface area contributed by atoms with E-state index in [0.717, 1.165) is 11.4 Å². The van der Waals surface area contributed by atoms with Crippen molar-refractivity contribution in [2.24, 2.45) is 5.92 Å². The number of aromatic nitrogens is 2. The number of nitrogens with one attached hydrogen (secondary N) is 1. The van der Waals surface area contributed by atoms with Crippen molar-refractivity contribution < 1.29 is 4.79 Å². The minimum absolute atomic E-state index is 0.0491. The summed E-state index contributed by atoms with van der Waals surface area (Å²) in [6.45, 7) is 6.19. The van der Waals surface area contributed by atoms with Gasteiger partial charge in [-0.15, -0.1) is 0 Å². The Morgan fingerprint density at radius 3 is 2.62 bits per heavy atom. The molecule has 0 saturated carbocycles. The van der Waals surface area contributed by atoms with Crippen LogP contribution in [0.15, 0.2) is 35.5 Å². The van der Waals surface area contributed by atoms with E-state index >= 15 is 0 Å². The van der Waals surface area contributed by atoms with E-state index in [1.807, 2.05) is 50.2 Å². The highest BCUT2D eigenvalue weighted by Gasteiger charge is 2.13. The van der Waals surface area contributed by atoms with Crippen molar-refractivity contribution in [3.8, 4) is 0 Å². The number of rotatable bonds is 7. The zero-order valence-electron chi connectivity index (χ0n) is 15.8. The smallest absolute Gasteiger partial charge is 0.251 e. The lowest BCUT2D eigenvalue weighted by Crippen LogP contribution is -2.36. The summed E-state index contributed by atoms with van der Waals surface area (Å²) in [6, 6.07) is 9.49. The van der Waals surface area contributed by atoms with Crippen LogP contribution in [-0.4, -0.2) is 36.0 Å². The second-order valence-corrected chi connectivity index (χ2v) is 8.05. The van der Waals surface area contributed by atoms with E-state index in [1.165, 1.54) is 11.8 Å². The number of halogens is 1. The van der Waals surface area contributed by atoms with Gasteiger partial charge in [0.05, 0.1) is 0 Å². The van der Waals surface area contributed by atoms with E-state index < -0.39 is 0 Å². The van der Waals surface area contributed by atoms with Gasteiger partial charge >= 0.3 is 0 Å². The summed E-state index contributed by atoms with van der Waals surface area (Å²) in [5.41, 5.74) is 1.70. The summed E-state index contributed by atoms with van der Waals surface area (Å²) >= 11 is 7.57. The zero-order valence-corrected chi connectivity index (χ0v) is 17.4. The molecule has 0 aliphatic carbocycles. The van der Waals surface area contributed by atoms with E-state index in [1.54, 1.807) is 6.07 Å². The summed E-state index contributed by atoms with van der Waals surface area (Å²) in [7, 11) is 3.82. The lowest BCUT2D eigenvalue weighted by atomic mass is 10.1. The molecule has 0 spiro atoms. The van der Waals surface area contributed by atoms with Crippen molar-refractivity contribution in [2.75, 3.05) is 19.0 Å². The Bertz CT molecular complexity index is 767. The van der Waals surface area contributed by atoms with Gasteiger partial charge in [-0.05, 0) is 30.5 Å². The molecular formula is C19H25ClN4OS. The van der Waals surface area contributed by atoms with Gasteiger partial charge in [0.25, 0.3) is 5.91 Å². The highest BCUT2D eigenvalue weighted by molar-refractivity contribution is 7.98. The molecule has 7 heteroatoms. The van der Waals surface area contributed by atoms with Gasteiger partial charge < -0.3 is 10.2 Å². The van der Waals surface area contributed by atoms with E-state index in [-0.39, 0.29) is 11.9 Å². The first kappa shape index (κ1) is 20.5. The van der Waals surface area contributed by atoms with E-state index in [0.29, 0.717) is 27.5 Å². The molecule has 0 aliphatic heterocycles. The number of hydrogen-bond acceptors (Lipinski definition) is 5. The third kappa shape index (κ3) is 5.88. The van der Waals surface area contributed by atoms with Crippen LogP contribution < -0.4 is 10.2 Å². The van der Waals surface area contributed by atoms with Crippen LogP contribution in [0, 0.1) is 5.92 Å². The van der Waals surface area contributed by atoms with Gasteiger partial charge in [0.1, 0.15) is 11.0 Å². The first-order valence-electron chi connectivity index (χ1n) is 8.50. The number of benzene rings is 1. The second kappa shape index (κ2) is 9.24. The molecule has 1 amide bonds. The minimum Gasteiger partial charge on any atom is -0.363 e. The molecule has 5 nitrogen and oxygen atoms in total. The van der Waals surface area contributed by atoms with Gasteiger partial charge in [0.2, 0.25) is 0 Å². The van der Waals surface area contributed by atoms with Crippen molar-refractivity contribution in [3.05, 3.63) is 46.6 Å². The van der Waals surface area contributed by atoms with Crippen LogP contribution in [-0.2, 0) is 5.75 Å². The average molecular weight is 393 g/mol. The van der Waals surface area contributed by atoms with E-state index in [2.05, 4.69) is 29.1 Å². The summed E-state index contributed by atoms with van der Waals surface area (Å²) < 4.78 is 0. The van der Waals surface area contributed by atoms with Gasteiger partial charge in [-0.3, -0.25) is 4.79 Å². The van der Waals surface area contributed by atoms with Crippen LogP contribution in [0.2, 0.25) is 5.15 Å². The average Bonchev–Trinajstić information content (AvgIpc) is 2.59. The molecule has 0 bridgehead atoms. The molecule has 0 aliphatic rings. The molecule has 1 aromatic heterocycles. The summed E-state index contributed by atoms with van der Waals surface area (Å²) in [6.07, 6.45) is 0. The van der Waals surface area contributed by atoms with Crippen molar-refractivity contribution in [1.82, 2.24) is 15.3 Å². The van der Waals surface area contributed by atoms with Crippen LogP contribution in [0.4, 0.5) is 5.82 Å². The third-order valence-corrected chi connectivity index (χ3v) is 5.15. The van der Waals surface area contributed by atoms with Gasteiger partial charge in [-0.1, -0.05) is 49.3 Å². The molecule has 1 heterocycles. The number of anilines is 1. The molecule has 2 rings (SSSR count). The lowest BCUT2D eigenvalue weighted by molar-refractivity contribution is 0.0930. The number of hydrogen-bond donors (Lipinski definition) is 1. The number of carbonyl (C=O) groups excluding carboxylic acids is 1. The Labute approximate surface area is 164 Å². The molecule has 0 saturated heterocycles. The number of carbonyl (C=O) groups is 1. The van der Waals surface area contributed by atoms with Crippen LogP contribution in [0.25, 0.3) is 0 Å². The van der Waals surface area contributed by atoms with Gasteiger partial charge in [-0.25, -0.2) is 9.97 Å². The summed E-state index contributed by atoms with van der Waals surface area (Å²) in [5, 5.41) is 4.06. The molecule has 1 N–H and O–H groups in total. The molecule has 1 atom stereocenters. The lowest BCUT2D eigenvalue weighted by Gasteiger charge is -2.17. The molecule has 26 heavy (non-hydrogen) atoms. The predicted molar refractivity (Wildman–Crippen MR) is 109 cm³/mol. The molecule has 0 fully saturated rings. The highest BCUT2D eigenvalue weighted by Crippen LogP contribution is 2.24. The Morgan fingerprint density at radius 1 is 1.23 bits per heavy atom. The first-order valence-corrected chi connectivity index (χ1v) is 9.87. The van der Waals surface area contributed by atoms with Crippen LogP contribution in [0.1, 0.15) is 36.7 Å². The molecule has 2 aromatic rings. The molecule has 1 aromatic carbocycles. The van der Waals surface area contributed by atoms with Crippen molar-refractivity contribution in [2.45, 2.75) is 37.7 Å². The first-order chi connectivity index (χ1) is 12.3. The molecule has 0 radical (unpaired) electrons. The quantitative estimate of drug-likeness (QED) is 0.433. The fourth-order valence-electron chi connectivity index (χ4n) is 2.09. The monoisotopic (exact) mass is 392 g/mol. The Balaban J connectivity index is 2.06. The largest absolute Gasteiger partial charge is 0.363 e. The predicted octanol–water partition coefficient (Wildman–Crippen LogP) is 4.26. The number of amides is 1. The SMILES string of the molecule is CC(C)C(C)NC(=O)c1cccc(CSc2nc(Cl)cc(N(C)C)n2)c1. The zero-order chi connectivity index (χ0) is 19.3. The van der Waals surface area contributed by atoms with Crippen LogP contribution in [0.5, 0.6) is 0 Å². The topological polar surface area (TPSA) is 58.1 Å². The van der Waals surface area contributed by atoms with Crippen LogP contribution >= 0.6 is 23.4 Å². The molecule has 1 unspecified atom stereocenters. The van der Waals surface area contributed by atoms with Crippen molar-refractivity contribution in [1.29, 1.82) is 0 Å². The Kier molecular flexibility index (Phi) is 7.29. The van der Waals surface area contributed by atoms with Gasteiger partial charge in [-0.2, -0.15) is 0 Å². The highest BCUT2D eigenvalue weighted by atomic mass is 35.5. The number of thioether (sulfide) groups is 1. The van der Waals surface area contributed by atoms with E-state index in [9.17, 15) is 4.79 Å². The normalized spacial score (nSPS) is 12.1. The maximum Gasteiger partial charge on any atom is 0.251 e. The Morgan fingerprint density at radius 2 is 1.96 bits per heavy atom. The number of nitrogens with zero attached hydrogens (tertiary/aromatic N) is 3. The maximum absolute atomic E-state index is 12.4. The minimum atomic E-state index is -0.0491. The standard InChI is InChI=1S/C19H25ClN4OS/c1-12(2)13(3)21-18(25)15-8-6-7-14(9-15)11-26-19-22-16(20)10-17(23-19)24(4)5/h6-10,12-13H,11H2,1-5H3,(H,21,25). The van der Waals surface area contributed by atoms with Gasteiger partial charge in [0.15, 0.2) is 5.16 Å². The Hall–Kier alpha value is -1.79. The molecular weight excluding hydrogens is 368 g/mol. The van der Waals surface area contributed by atoms with Crippen molar-refractivity contribution in [3.63, 3.8) is 0 Å². The van der Waals surface area contributed by atoms with Crippen LogP contribution in [0.3, 0.4) is 0 Å². The maximum atomic E-state index is 12.4. The van der Waals surface area contributed by atoms with E-state index in [4.69, 9.17) is 11.6 Å². The fourth-order valence-corrected chi connectivity index (χ4v) is 3.11. The fraction of sp³-hybridized carbons (Fsp3) is 0.421. The summed E-state index contributed by atoms with van der Waals surface area (Å²) in [4.78, 5) is 23.0. The van der Waals surface area contributed by atoms with Gasteiger partial charge in [0, 0.05) is 37.5 Å². The van der Waals surface area contributed by atoms with Crippen molar-refractivity contribution >= 4 is 35.1 Å².